The third-order valence-electron chi connectivity index (χ3n) is 3.62. The van der Waals surface area contributed by atoms with Crippen molar-refractivity contribution in [3.8, 4) is 0 Å². The highest BCUT2D eigenvalue weighted by atomic mass is 32.2. The zero-order valence-electron chi connectivity index (χ0n) is 11.7. The van der Waals surface area contributed by atoms with E-state index >= 15 is 0 Å². The van der Waals surface area contributed by atoms with E-state index in [2.05, 4.69) is 4.90 Å². The van der Waals surface area contributed by atoms with E-state index in [0.29, 0.717) is 24.5 Å². The van der Waals surface area contributed by atoms with Crippen LogP contribution in [0.15, 0.2) is 11.0 Å². The number of aromatic carboxylic acids is 1. The van der Waals surface area contributed by atoms with Gasteiger partial charge in [0.05, 0.1) is 4.90 Å². The number of carbonyl (C=O) groups is 1. The number of likely N-dealkylation sites (N-methyl/N-ethyl adjacent to an activating group) is 1. The zero-order chi connectivity index (χ0) is 15.1. The lowest BCUT2D eigenvalue weighted by molar-refractivity contribution is 0.0702. The van der Waals surface area contributed by atoms with Crippen molar-refractivity contribution < 1.29 is 18.3 Å². The number of sulfonamides is 1. The number of rotatable bonds is 3. The second kappa shape index (κ2) is 5.44. The minimum Gasteiger partial charge on any atom is -0.477 e. The highest BCUT2D eigenvalue weighted by Gasteiger charge is 2.33. The normalized spacial score (nSPS) is 22.1. The molecule has 0 spiro atoms. The summed E-state index contributed by atoms with van der Waals surface area (Å²) in [5.41, 5.74) is 0. The smallest absolute Gasteiger partial charge is 0.345 e. The molecular weight excluding hydrogens is 300 g/mol. The molecule has 1 N–H and O–H groups in total. The first kappa shape index (κ1) is 15.4. The Kier molecular flexibility index (Phi) is 4.19. The van der Waals surface area contributed by atoms with Crippen LogP contribution in [0.4, 0.5) is 0 Å². The van der Waals surface area contributed by atoms with Crippen LogP contribution in [0.25, 0.3) is 0 Å². The lowest BCUT2D eigenvalue weighted by Crippen LogP contribution is -2.51. The molecular formula is C12H18N2O4S2. The lowest BCUT2D eigenvalue weighted by atomic mass is 10.2. The van der Waals surface area contributed by atoms with E-state index in [1.807, 2.05) is 14.0 Å². The first-order valence-corrected chi connectivity index (χ1v) is 8.53. The van der Waals surface area contributed by atoms with E-state index in [4.69, 9.17) is 5.11 Å². The van der Waals surface area contributed by atoms with Crippen molar-refractivity contribution in [2.45, 2.75) is 24.8 Å². The Labute approximate surface area is 122 Å². The van der Waals surface area contributed by atoms with Crippen LogP contribution >= 0.6 is 11.3 Å². The highest BCUT2D eigenvalue weighted by molar-refractivity contribution is 7.89. The molecule has 1 atom stereocenters. The SMILES string of the molecule is Cc1sc(C(=O)O)cc1S(=O)(=O)N1CCN(C)C(C)C1. The summed E-state index contributed by atoms with van der Waals surface area (Å²) >= 11 is 0.999. The van der Waals surface area contributed by atoms with Gasteiger partial charge in [-0.15, -0.1) is 11.3 Å². The van der Waals surface area contributed by atoms with Crippen molar-refractivity contribution in [1.82, 2.24) is 9.21 Å². The maximum Gasteiger partial charge on any atom is 0.345 e. The van der Waals surface area contributed by atoms with Gasteiger partial charge < -0.3 is 10.0 Å². The molecule has 1 aliphatic rings. The molecule has 112 valence electrons. The van der Waals surface area contributed by atoms with E-state index in [-0.39, 0.29) is 15.8 Å². The van der Waals surface area contributed by atoms with Crippen molar-refractivity contribution in [3.63, 3.8) is 0 Å². The number of carboxylic acids is 1. The Morgan fingerprint density at radius 2 is 2.10 bits per heavy atom. The second-order valence-corrected chi connectivity index (χ2v) is 8.19. The van der Waals surface area contributed by atoms with Gasteiger partial charge in [0, 0.05) is 30.6 Å². The molecule has 0 bridgehead atoms. The number of nitrogens with zero attached hydrogens (tertiary/aromatic N) is 2. The van der Waals surface area contributed by atoms with Crippen molar-refractivity contribution in [3.05, 3.63) is 15.8 Å². The topological polar surface area (TPSA) is 77.9 Å². The number of hydrogen-bond acceptors (Lipinski definition) is 5. The molecule has 8 heteroatoms. The standard InChI is InChI=1S/C12H18N2O4S2/c1-8-7-14(5-4-13(8)3)20(17,18)11-6-10(12(15)16)19-9(11)2/h6,8H,4-5,7H2,1-3H3,(H,15,16). The molecule has 0 aliphatic carbocycles. The number of hydrogen-bond donors (Lipinski definition) is 1. The van der Waals surface area contributed by atoms with Crippen LogP contribution < -0.4 is 0 Å². The third-order valence-corrected chi connectivity index (χ3v) is 6.78. The molecule has 6 nitrogen and oxygen atoms in total. The number of carboxylic acid groups (broad SMARTS) is 1. The number of aryl methyl sites for hydroxylation is 1. The van der Waals surface area contributed by atoms with Crippen LogP contribution in [-0.4, -0.2) is 61.4 Å². The lowest BCUT2D eigenvalue weighted by Gasteiger charge is -2.36. The van der Waals surface area contributed by atoms with Crippen LogP contribution in [0.1, 0.15) is 21.5 Å². The van der Waals surface area contributed by atoms with E-state index in [1.165, 1.54) is 10.4 Å². The summed E-state index contributed by atoms with van der Waals surface area (Å²) in [7, 11) is -1.64. The maximum atomic E-state index is 12.6. The van der Waals surface area contributed by atoms with Crippen LogP contribution in [0.3, 0.4) is 0 Å². The molecule has 0 radical (unpaired) electrons. The molecule has 1 unspecified atom stereocenters. The molecule has 0 amide bonds. The van der Waals surface area contributed by atoms with Crippen LogP contribution in [0, 0.1) is 6.92 Å². The van der Waals surface area contributed by atoms with Gasteiger partial charge >= 0.3 is 5.97 Å². The summed E-state index contributed by atoms with van der Waals surface area (Å²) in [5.74, 6) is -1.09. The largest absolute Gasteiger partial charge is 0.477 e. The molecule has 1 fully saturated rings. The fraction of sp³-hybridized carbons (Fsp3) is 0.583. The van der Waals surface area contributed by atoms with Gasteiger partial charge in [-0.2, -0.15) is 4.31 Å². The number of piperazine rings is 1. The van der Waals surface area contributed by atoms with Gasteiger partial charge in [0.2, 0.25) is 10.0 Å². The Balaban J connectivity index is 2.33. The van der Waals surface area contributed by atoms with Gasteiger partial charge in [-0.1, -0.05) is 0 Å². The van der Waals surface area contributed by atoms with Crippen molar-refractivity contribution >= 4 is 27.3 Å². The quantitative estimate of drug-likeness (QED) is 0.902. The number of thiophene rings is 1. The average Bonchev–Trinajstić information content (AvgIpc) is 2.75. The molecule has 0 saturated carbocycles. The molecule has 1 saturated heterocycles. The third kappa shape index (κ3) is 2.73. The Bertz CT molecular complexity index is 623. The summed E-state index contributed by atoms with van der Waals surface area (Å²) in [5, 5.41) is 8.97. The average molecular weight is 318 g/mol. The van der Waals surface area contributed by atoms with Crippen LogP contribution in [-0.2, 0) is 10.0 Å². The van der Waals surface area contributed by atoms with Gasteiger partial charge in [-0.25, -0.2) is 13.2 Å². The maximum absolute atomic E-state index is 12.6. The van der Waals surface area contributed by atoms with E-state index in [1.54, 1.807) is 6.92 Å². The molecule has 1 aliphatic heterocycles. The fourth-order valence-electron chi connectivity index (χ4n) is 2.20. The minimum absolute atomic E-state index is 0.0586. The van der Waals surface area contributed by atoms with Crippen molar-refractivity contribution in [2.24, 2.45) is 0 Å². The predicted molar refractivity (Wildman–Crippen MR) is 76.9 cm³/mol. The van der Waals surface area contributed by atoms with Crippen molar-refractivity contribution in [2.75, 3.05) is 26.7 Å². The summed E-state index contributed by atoms with van der Waals surface area (Å²) in [6, 6.07) is 1.41. The molecule has 20 heavy (non-hydrogen) atoms. The summed E-state index contributed by atoms with van der Waals surface area (Å²) in [6.07, 6.45) is 0. The summed E-state index contributed by atoms with van der Waals surface area (Å²) < 4.78 is 26.7. The summed E-state index contributed by atoms with van der Waals surface area (Å²) in [6.45, 7) is 5.15. The Hall–Kier alpha value is -0.960. The first-order valence-electron chi connectivity index (χ1n) is 6.27. The monoisotopic (exact) mass is 318 g/mol. The fourth-order valence-corrected chi connectivity index (χ4v) is 5.11. The zero-order valence-corrected chi connectivity index (χ0v) is 13.3. The van der Waals surface area contributed by atoms with E-state index < -0.39 is 16.0 Å². The minimum atomic E-state index is -3.61. The Morgan fingerprint density at radius 1 is 1.45 bits per heavy atom. The highest BCUT2D eigenvalue weighted by Crippen LogP contribution is 2.29. The van der Waals surface area contributed by atoms with Gasteiger partial charge in [-0.05, 0) is 27.0 Å². The van der Waals surface area contributed by atoms with Gasteiger partial charge in [-0.3, -0.25) is 0 Å². The molecule has 2 heterocycles. The molecule has 0 aromatic carbocycles. The predicted octanol–water partition coefficient (Wildman–Crippen LogP) is 1.08. The van der Waals surface area contributed by atoms with Crippen LogP contribution in [0.5, 0.6) is 0 Å². The first-order chi connectivity index (χ1) is 9.23. The molecule has 1 aromatic heterocycles. The van der Waals surface area contributed by atoms with E-state index in [0.717, 1.165) is 11.3 Å². The molecule has 1 aromatic rings. The van der Waals surface area contributed by atoms with Crippen molar-refractivity contribution in [1.29, 1.82) is 0 Å². The van der Waals surface area contributed by atoms with Gasteiger partial charge in [0.15, 0.2) is 0 Å². The molecule has 2 rings (SSSR count). The van der Waals surface area contributed by atoms with Gasteiger partial charge in [0.1, 0.15) is 4.88 Å². The second-order valence-electron chi connectivity index (χ2n) is 5.03. The Morgan fingerprint density at radius 3 is 2.60 bits per heavy atom. The van der Waals surface area contributed by atoms with E-state index in [9.17, 15) is 13.2 Å². The summed E-state index contributed by atoms with van der Waals surface area (Å²) in [4.78, 5) is 13.8. The van der Waals surface area contributed by atoms with Gasteiger partial charge in [0.25, 0.3) is 0 Å². The van der Waals surface area contributed by atoms with Crippen LogP contribution in [0.2, 0.25) is 0 Å².